The zero-order valence-corrected chi connectivity index (χ0v) is 10.4. The van der Waals surface area contributed by atoms with Gasteiger partial charge in [0, 0.05) is 43.9 Å². The Bertz CT molecular complexity index is 385. The van der Waals surface area contributed by atoms with Crippen LogP contribution in [0.2, 0.25) is 0 Å². The molecule has 3 heteroatoms. The van der Waals surface area contributed by atoms with E-state index < -0.39 is 0 Å². The van der Waals surface area contributed by atoms with Crippen molar-refractivity contribution in [3.8, 4) is 0 Å². The van der Waals surface area contributed by atoms with E-state index >= 15 is 0 Å². The van der Waals surface area contributed by atoms with Gasteiger partial charge < -0.3 is 9.80 Å². The molecule has 0 radical (unpaired) electrons. The number of hydrogen-bond acceptors (Lipinski definition) is 3. The Labute approximate surface area is 103 Å². The smallest absolute Gasteiger partial charge is 0.206 e. The third kappa shape index (κ3) is 1.78. The van der Waals surface area contributed by atoms with Gasteiger partial charge in [0.2, 0.25) is 5.78 Å². The first kappa shape index (κ1) is 10.9. The lowest BCUT2D eigenvalue weighted by Gasteiger charge is -2.25. The average molecular weight is 232 g/mol. The van der Waals surface area contributed by atoms with Crippen molar-refractivity contribution in [2.24, 2.45) is 0 Å². The summed E-state index contributed by atoms with van der Waals surface area (Å²) < 4.78 is 0. The second-order valence-electron chi connectivity index (χ2n) is 5.29. The number of rotatable bonds is 2. The summed E-state index contributed by atoms with van der Waals surface area (Å²) in [7, 11) is 0. The Morgan fingerprint density at radius 2 is 1.41 bits per heavy atom. The molecule has 0 bridgehead atoms. The number of carbonyl (C=O) groups is 1. The van der Waals surface area contributed by atoms with Gasteiger partial charge in [-0.3, -0.25) is 4.79 Å². The van der Waals surface area contributed by atoms with Crippen molar-refractivity contribution in [3.63, 3.8) is 0 Å². The maximum absolute atomic E-state index is 12.2. The molecule has 17 heavy (non-hydrogen) atoms. The minimum absolute atomic E-state index is 0.203. The normalized spacial score (nSPS) is 25.6. The lowest BCUT2D eigenvalue weighted by atomic mass is 10.2. The molecule has 0 aromatic heterocycles. The van der Waals surface area contributed by atoms with Crippen LogP contribution in [-0.2, 0) is 4.79 Å². The molecular weight excluding hydrogens is 212 g/mol. The third-order valence-electron chi connectivity index (χ3n) is 4.10. The van der Waals surface area contributed by atoms with E-state index in [0.29, 0.717) is 0 Å². The van der Waals surface area contributed by atoms with E-state index in [0.717, 1.165) is 43.9 Å². The summed E-state index contributed by atoms with van der Waals surface area (Å²) in [5.74, 6) is 0.203. The number of nitrogens with zero attached hydrogens (tertiary/aromatic N) is 2. The monoisotopic (exact) mass is 232 g/mol. The van der Waals surface area contributed by atoms with Crippen LogP contribution in [-0.4, -0.2) is 41.8 Å². The van der Waals surface area contributed by atoms with E-state index in [1.807, 2.05) is 0 Å². The van der Waals surface area contributed by atoms with Gasteiger partial charge in [-0.15, -0.1) is 0 Å². The van der Waals surface area contributed by atoms with Crippen LogP contribution in [0.1, 0.15) is 32.1 Å². The Morgan fingerprint density at radius 1 is 0.882 bits per heavy atom. The summed E-state index contributed by atoms with van der Waals surface area (Å²) >= 11 is 0. The molecule has 0 aromatic rings. The fourth-order valence-corrected chi connectivity index (χ4v) is 3.18. The molecule has 0 amide bonds. The van der Waals surface area contributed by atoms with Crippen molar-refractivity contribution in [2.45, 2.75) is 32.1 Å². The van der Waals surface area contributed by atoms with Crippen molar-refractivity contribution >= 4 is 5.78 Å². The molecule has 0 N–H and O–H groups in total. The Morgan fingerprint density at radius 3 is 2.00 bits per heavy atom. The van der Waals surface area contributed by atoms with Crippen molar-refractivity contribution in [1.29, 1.82) is 0 Å². The van der Waals surface area contributed by atoms with Crippen LogP contribution < -0.4 is 0 Å². The lowest BCUT2D eigenvalue weighted by Crippen LogP contribution is -2.27. The standard InChI is InChI=1S/C14H20N2O/c1-11-10-12(15-6-2-3-7-15)13(14(11)17)16-8-4-5-9-16/h1-10H2. The first-order valence-corrected chi connectivity index (χ1v) is 6.73. The molecule has 2 saturated heterocycles. The minimum atomic E-state index is 0.203. The third-order valence-corrected chi connectivity index (χ3v) is 4.10. The molecule has 0 aromatic carbocycles. The van der Waals surface area contributed by atoms with Gasteiger partial charge in [0.1, 0.15) is 5.70 Å². The fraction of sp³-hybridized carbons (Fsp3) is 0.643. The summed E-state index contributed by atoms with van der Waals surface area (Å²) in [6.45, 7) is 8.27. The number of likely N-dealkylation sites (tertiary alicyclic amines) is 2. The number of Topliss-reactive ketones (excluding diaryl/α,β-unsaturated/α-hetero) is 1. The molecule has 0 spiro atoms. The van der Waals surface area contributed by atoms with Crippen molar-refractivity contribution in [2.75, 3.05) is 26.2 Å². The van der Waals surface area contributed by atoms with E-state index in [2.05, 4.69) is 16.4 Å². The molecule has 3 nitrogen and oxygen atoms in total. The van der Waals surface area contributed by atoms with Crippen LogP contribution in [0, 0.1) is 0 Å². The van der Waals surface area contributed by atoms with Crippen LogP contribution in [0.15, 0.2) is 23.5 Å². The molecular formula is C14H20N2O. The van der Waals surface area contributed by atoms with E-state index in [4.69, 9.17) is 0 Å². The molecule has 2 heterocycles. The van der Waals surface area contributed by atoms with Crippen molar-refractivity contribution in [3.05, 3.63) is 23.5 Å². The SMILES string of the molecule is C=C1CC(N2CCCC2)=C(N2CCCC2)C1=O. The maximum Gasteiger partial charge on any atom is 0.206 e. The number of hydrogen-bond donors (Lipinski definition) is 0. The highest BCUT2D eigenvalue weighted by molar-refractivity contribution is 6.10. The maximum atomic E-state index is 12.2. The molecule has 3 aliphatic rings. The fourth-order valence-electron chi connectivity index (χ4n) is 3.18. The Hall–Kier alpha value is -1.25. The van der Waals surface area contributed by atoms with Gasteiger partial charge in [-0.1, -0.05) is 6.58 Å². The quantitative estimate of drug-likeness (QED) is 0.680. The van der Waals surface area contributed by atoms with E-state index in [9.17, 15) is 4.79 Å². The van der Waals surface area contributed by atoms with Gasteiger partial charge in [-0.25, -0.2) is 0 Å². The highest BCUT2D eigenvalue weighted by atomic mass is 16.1. The van der Waals surface area contributed by atoms with Gasteiger partial charge >= 0.3 is 0 Å². The average Bonchev–Trinajstić information content (AvgIpc) is 3.01. The second-order valence-corrected chi connectivity index (χ2v) is 5.29. The van der Waals surface area contributed by atoms with Crippen molar-refractivity contribution in [1.82, 2.24) is 9.80 Å². The topological polar surface area (TPSA) is 23.6 Å². The van der Waals surface area contributed by atoms with Gasteiger partial charge in [0.15, 0.2) is 0 Å². The molecule has 92 valence electrons. The predicted octanol–water partition coefficient (Wildman–Crippen LogP) is 1.92. The number of allylic oxidation sites excluding steroid dienone is 2. The molecule has 2 fully saturated rings. The molecule has 0 unspecified atom stereocenters. The number of ketones is 1. The Balaban J connectivity index is 1.93. The van der Waals surface area contributed by atoms with Gasteiger partial charge in [0.05, 0.1) is 0 Å². The first-order valence-electron chi connectivity index (χ1n) is 6.73. The summed E-state index contributed by atoms with van der Waals surface area (Å²) in [5.41, 5.74) is 3.03. The summed E-state index contributed by atoms with van der Waals surface area (Å²) in [6.07, 6.45) is 5.74. The van der Waals surface area contributed by atoms with Crippen LogP contribution >= 0.6 is 0 Å². The molecule has 2 aliphatic heterocycles. The predicted molar refractivity (Wildman–Crippen MR) is 67.4 cm³/mol. The largest absolute Gasteiger partial charge is 0.373 e. The van der Waals surface area contributed by atoms with Gasteiger partial charge in [-0.05, 0) is 25.7 Å². The summed E-state index contributed by atoms with van der Waals surface area (Å²) in [4.78, 5) is 16.9. The highest BCUT2D eigenvalue weighted by Gasteiger charge is 2.35. The van der Waals surface area contributed by atoms with Crippen LogP contribution in [0.25, 0.3) is 0 Å². The zero-order chi connectivity index (χ0) is 11.8. The molecule has 0 saturated carbocycles. The molecule has 1 aliphatic carbocycles. The van der Waals surface area contributed by atoms with Crippen molar-refractivity contribution < 1.29 is 4.79 Å². The zero-order valence-electron chi connectivity index (χ0n) is 10.4. The lowest BCUT2D eigenvalue weighted by molar-refractivity contribution is -0.113. The van der Waals surface area contributed by atoms with Gasteiger partial charge in [0.25, 0.3) is 0 Å². The number of carbonyl (C=O) groups excluding carboxylic acids is 1. The van der Waals surface area contributed by atoms with E-state index in [-0.39, 0.29) is 5.78 Å². The summed E-state index contributed by atoms with van der Waals surface area (Å²) in [5, 5.41) is 0. The van der Waals surface area contributed by atoms with Crippen LogP contribution in [0.5, 0.6) is 0 Å². The highest BCUT2D eigenvalue weighted by Crippen LogP contribution is 2.34. The van der Waals surface area contributed by atoms with Gasteiger partial charge in [-0.2, -0.15) is 0 Å². The second kappa shape index (κ2) is 4.21. The van der Waals surface area contributed by atoms with E-state index in [1.165, 1.54) is 31.4 Å². The first-order chi connectivity index (χ1) is 8.27. The Kier molecular flexibility index (Phi) is 2.69. The van der Waals surface area contributed by atoms with Crippen LogP contribution in [0.4, 0.5) is 0 Å². The van der Waals surface area contributed by atoms with Crippen LogP contribution in [0.3, 0.4) is 0 Å². The minimum Gasteiger partial charge on any atom is -0.373 e. The molecule has 0 atom stereocenters. The van der Waals surface area contributed by atoms with E-state index in [1.54, 1.807) is 0 Å². The molecule has 3 rings (SSSR count). The summed E-state index contributed by atoms with van der Waals surface area (Å²) in [6, 6.07) is 0.